The Bertz CT molecular complexity index is 1120. The molecule has 5 rings (SSSR count). The van der Waals surface area contributed by atoms with Crippen molar-refractivity contribution in [2.45, 2.75) is 44.7 Å². The van der Waals surface area contributed by atoms with E-state index in [4.69, 9.17) is 0 Å². The molecule has 0 spiro atoms. The third-order valence-corrected chi connectivity index (χ3v) is 6.23. The third-order valence-electron chi connectivity index (χ3n) is 6.23. The number of amides is 2. The van der Waals surface area contributed by atoms with E-state index in [0.29, 0.717) is 23.3 Å². The zero-order valence-corrected chi connectivity index (χ0v) is 17.3. The lowest BCUT2D eigenvalue weighted by Crippen LogP contribution is -2.70. The Morgan fingerprint density at radius 3 is 2.74 bits per heavy atom. The number of rotatable bonds is 3. The zero-order valence-electron chi connectivity index (χ0n) is 17.3. The number of carbonyl (C=O) groups excluding carboxylic acids is 1. The van der Waals surface area contributed by atoms with E-state index < -0.39 is 11.4 Å². The highest BCUT2D eigenvalue weighted by Gasteiger charge is 2.61. The lowest BCUT2D eigenvalue weighted by Gasteiger charge is -2.62. The van der Waals surface area contributed by atoms with E-state index in [1.54, 1.807) is 6.20 Å². The molecule has 0 unspecified atom stereocenters. The van der Waals surface area contributed by atoms with Crippen molar-refractivity contribution in [3.05, 3.63) is 60.2 Å². The summed E-state index contributed by atoms with van der Waals surface area (Å²) in [5.41, 5.74) is 1.77. The van der Waals surface area contributed by atoms with Crippen molar-refractivity contribution in [2.24, 2.45) is 5.92 Å². The fraction of sp³-hybridized carbons (Fsp3) is 0.364. The van der Waals surface area contributed by atoms with Crippen LogP contribution in [0.5, 0.6) is 0 Å². The van der Waals surface area contributed by atoms with Crippen LogP contribution in [0, 0.1) is 18.7 Å². The highest BCUT2D eigenvalue weighted by Crippen LogP contribution is 2.54. The van der Waals surface area contributed by atoms with Crippen LogP contribution in [-0.4, -0.2) is 42.1 Å². The average Bonchev–Trinajstić information content (AvgIpc) is 2.76. The van der Waals surface area contributed by atoms with Crippen molar-refractivity contribution < 1.29 is 9.18 Å². The largest absolute Gasteiger partial charge is 0.322 e. The standard InChI is InChI=1S/C22H22FN7O/c1-13-7-17-10-22(9-13,20-24-5-6-27-29-20)30(17)21(31)28-16-4-3-14(2)18(8-16)19-25-11-15(23)12-26-19/h3-6,8,11-13,17H,7,9-10H2,1-2H3,(H,28,31)/t13-,17-,22+/m0/s1. The number of anilines is 1. The first-order valence-electron chi connectivity index (χ1n) is 10.3. The van der Waals surface area contributed by atoms with Crippen molar-refractivity contribution in [1.29, 1.82) is 0 Å². The number of nitrogens with zero attached hydrogens (tertiary/aromatic N) is 6. The van der Waals surface area contributed by atoms with Gasteiger partial charge in [0.15, 0.2) is 17.5 Å². The highest BCUT2D eigenvalue weighted by atomic mass is 19.1. The van der Waals surface area contributed by atoms with Gasteiger partial charge in [0.1, 0.15) is 5.54 Å². The highest BCUT2D eigenvalue weighted by molar-refractivity contribution is 5.92. The summed E-state index contributed by atoms with van der Waals surface area (Å²) in [6.45, 7) is 4.12. The van der Waals surface area contributed by atoms with Crippen LogP contribution in [0.25, 0.3) is 11.4 Å². The molecule has 2 saturated heterocycles. The van der Waals surface area contributed by atoms with Crippen LogP contribution in [0.1, 0.15) is 37.6 Å². The number of carbonyl (C=O) groups is 1. The summed E-state index contributed by atoms with van der Waals surface area (Å²) in [6.07, 6.45) is 8.04. The molecule has 2 bridgehead atoms. The molecule has 2 aliphatic rings. The summed E-state index contributed by atoms with van der Waals surface area (Å²) >= 11 is 0. The zero-order chi connectivity index (χ0) is 21.6. The van der Waals surface area contributed by atoms with E-state index in [-0.39, 0.29) is 12.1 Å². The summed E-state index contributed by atoms with van der Waals surface area (Å²) < 4.78 is 13.2. The van der Waals surface area contributed by atoms with Crippen LogP contribution in [-0.2, 0) is 5.54 Å². The van der Waals surface area contributed by atoms with Gasteiger partial charge in [-0.05, 0) is 49.8 Å². The van der Waals surface area contributed by atoms with Crippen LogP contribution < -0.4 is 5.32 Å². The van der Waals surface area contributed by atoms with Gasteiger partial charge in [0.2, 0.25) is 0 Å². The number of urea groups is 1. The molecule has 3 aromatic rings. The van der Waals surface area contributed by atoms with Crippen LogP contribution >= 0.6 is 0 Å². The molecule has 9 heteroatoms. The van der Waals surface area contributed by atoms with E-state index in [1.807, 2.05) is 30.0 Å². The summed E-state index contributed by atoms with van der Waals surface area (Å²) in [6, 6.07) is 5.50. The molecule has 8 nitrogen and oxygen atoms in total. The van der Waals surface area contributed by atoms with E-state index in [0.717, 1.165) is 42.8 Å². The SMILES string of the molecule is Cc1ccc(NC(=O)N2[C@H]3C[C@H](C)C[C@]2(c2nccnn2)C3)cc1-c1ncc(F)cn1. The molecular weight excluding hydrogens is 397 g/mol. The molecule has 2 amide bonds. The van der Waals surface area contributed by atoms with Gasteiger partial charge >= 0.3 is 6.03 Å². The predicted molar refractivity (Wildman–Crippen MR) is 111 cm³/mol. The van der Waals surface area contributed by atoms with Crippen molar-refractivity contribution in [3.8, 4) is 11.4 Å². The van der Waals surface area contributed by atoms with Gasteiger partial charge in [-0.3, -0.25) is 0 Å². The smallest absolute Gasteiger partial charge is 0.308 e. The van der Waals surface area contributed by atoms with E-state index in [1.165, 1.54) is 6.20 Å². The third kappa shape index (κ3) is 3.30. The second-order valence-corrected chi connectivity index (χ2v) is 8.46. The molecule has 2 aliphatic heterocycles. The normalized spacial score (nSPS) is 24.4. The minimum Gasteiger partial charge on any atom is -0.308 e. The van der Waals surface area contributed by atoms with Crippen molar-refractivity contribution in [2.75, 3.05) is 5.32 Å². The first-order valence-corrected chi connectivity index (χ1v) is 10.3. The van der Waals surface area contributed by atoms with Crippen molar-refractivity contribution in [3.63, 3.8) is 0 Å². The summed E-state index contributed by atoms with van der Waals surface area (Å²) in [5.74, 6) is 0.989. The topological polar surface area (TPSA) is 96.8 Å². The molecule has 3 atom stereocenters. The van der Waals surface area contributed by atoms with Crippen LogP contribution in [0.4, 0.5) is 14.9 Å². The Balaban J connectivity index is 1.42. The maximum Gasteiger partial charge on any atom is 0.322 e. The summed E-state index contributed by atoms with van der Waals surface area (Å²) in [7, 11) is 0. The fourth-order valence-corrected chi connectivity index (χ4v) is 5.00. The number of aryl methyl sites for hydroxylation is 1. The molecule has 0 aliphatic carbocycles. The number of piperidine rings is 1. The van der Waals surface area contributed by atoms with Gasteiger partial charge in [0, 0.05) is 23.5 Å². The van der Waals surface area contributed by atoms with E-state index in [9.17, 15) is 9.18 Å². The first-order chi connectivity index (χ1) is 15.0. The monoisotopic (exact) mass is 419 g/mol. The number of fused-ring (bicyclic) bond motifs is 2. The summed E-state index contributed by atoms with van der Waals surface area (Å²) in [4.78, 5) is 27.7. The van der Waals surface area contributed by atoms with E-state index >= 15 is 0 Å². The lowest BCUT2D eigenvalue weighted by atomic mass is 9.64. The maximum absolute atomic E-state index is 13.3. The number of hydrogen-bond acceptors (Lipinski definition) is 6. The Morgan fingerprint density at radius 2 is 2.00 bits per heavy atom. The van der Waals surface area contributed by atoms with Gasteiger partial charge < -0.3 is 10.2 Å². The van der Waals surface area contributed by atoms with Gasteiger partial charge in [-0.25, -0.2) is 24.1 Å². The van der Waals surface area contributed by atoms with Gasteiger partial charge in [-0.1, -0.05) is 13.0 Å². The quantitative estimate of drug-likeness (QED) is 0.695. The number of halogens is 1. The minimum atomic E-state index is -0.520. The maximum atomic E-state index is 13.3. The average molecular weight is 419 g/mol. The fourth-order valence-electron chi connectivity index (χ4n) is 5.00. The van der Waals surface area contributed by atoms with Crippen molar-refractivity contribution >= 4 is 11.7 Å². The van der Waals surface area contributed by atoms with Gasteiger partial charge in [0.05, 0.1) is 18.6 Å². The molecule has 0 radical (unpaired) electrons. The molecule has 158 valence electrons. The Labute approximate surface area is 179 Å². The number of nitrogens with one attached hydrogen (secondary N) is 1. The Hall–Kier alpha value is -3.49. The molecule has 1 N–H and O–H groups in total. The lowest BCUT2D eigenvalue weighted by molar-refractivity contribution is -0.101. The number of benzene rings is 1. The van der Waals surface area contributed by atoms with Crippen LogP contribution in [0.2, 0.25) is 0 Å². The summed E-state index contributed by atoms with van der Waals surface area (Å²) in [5, 5.41) is 11.2. The molecule has 0 saturated carbocycles. The predicted octanol–water partition coefficient (Wildman–Crippen LogP) is 3.71. The Morgan fingerprint density at radius 1 is 1.19 bits per heavy atom. The van der Waals surface area contributed by atoms with Gasteiger partial charge in [0.25, 0.3) is 0 Å². The molecule has 2 aromatic heterocycles. The van der Waals surface area contributed by atoms with Crippen molar-refractivity contribution in [1.82, 2.24) is 30.0 Å². The number of aromatic nitrogens is 5. The molecule has 31 heavy (non-hydrogen) atoms. The second kappa shape index (κ2) is 7.33. The van der Waals surface area contributed by atoms with Crippen LogP contribution in [0.15, 0.2) is 43.0 Å². The Kier molecular flexibility index (Phi) is 4.60. The first kappa shape index (κ1) is 19.5. The van der Waals surface area contributed by atoms with Gasteiger partial charge in [-0.15, -0.1) is 5.10 Å². The van der Waals surface area contributed by atoms with Gasteiger partial charge in [-0.2, -0.15) is 5.10 Å². The molecule has 4 heterocycles. The minimum absolute atomic E-state index is 0.151. The second-order valence-electron chi connectivity index (χ2n) is 8.46. The molecule has 1 aromatic carbocycles. The molecular formula is C22H22FN7O. The number of hydrogen-bond donors (Lipinski definition) is 1. The molecule has 2 fully saturated rings. The van der Waals surface area contributed by atoms with Crippen LogP contribution in [0.3, 0.4) is 0 Å². The van der Waals surface area contributed by atoms with E-state index in [2.05, 4.69) is 37.4 Å².